The Labute approximate surface area is 117 Å². The zero-order valence-corrected chi connectivity index (χ0v) is 11.4. The van der Waals surface area contributed by atoms with Gasteiger partial charge in [-0.25, -0.2) is 4.79 Å². The van der Waals surface area contributed by atoms with Crippen molar-refractivity contribution < 1.29 is 9.53 Å². The Hall–Kier alpha value is -2.74. The summed E-state index contributed by atoms with van der Waals surface area (Å²) in [4.78, 5) is 16.2. The van der Waals surface area contributed by atoms with Crippen molar-refractivity contribution in [2.45, 2.75) is 6.92 Å². The topological polar surface area (TPSA) is 69.1 Å². The zero-order valence-electron chi connectivity index (χ0n) is 11.4. The van der Waals surface area contributed by atoms with Crippen LogP contribution in [0.25, 0.3) is 17.0 Å². The first-order chi connectivity index (χ1) is 9.65. The summed E-state index contributed by atoms with van der Waals surface area (Å²) in [6, 6.07) is 7.32. The Morgan fingerprint density at radius 3 is 3.05 bits per heavy atom. The molecule has 102 valence electrons. The van der Waals surface area contributed by atoms with Gasteiger partial charge in [0.05, 0.1) is 6.07 Å². The van der Waals surface area contributed by atoms with Crippen LogP contribution in [0.1, 0.15) is 12.5 Å². The van der Waals surface area contributed by atoms with Crippen molar-refractivity contribution in [1.29, 1.82) is 5.26 Å². The largest absolute Gasteiger partial charge is 0.414 e. The van der Waals surface area contributed by atoms with E-state index in [0.717, 1.165) is 16.5 Å². The van der Waals surface area contributed by atoms with Gasteiger partial charge >= 0.3 is 6.09 Å². The predicted molar refractivity (Wildman–Crippen MR) is 77.3 cm³/mol. The van der Waals surface area contributed by atoms with Crippen LogP contribution in [-0.2, 0) is 0 Å². The first kappa shape index (κ1) is 13.7. The van der Waals surface area contributed by atoms with E-state index >= 15 is 0 Å². The Kier molecular flexibility index (Phi) is 4.06. The molecule has 0 fully saturated rings. The number of hydrogen-bond acceptors (Lipinski definition) is 3. The fraction of sp³-hybridized carbons (Fsp3) is 0.200. The van der Waals surface area contributed by atoms with Crippen LogP contribution in [0.4, 0.5) is 4.79 Å². The molecule has 1 aromatic heterocycles. The van der Waals surface area contributed by atoms with Gasteiger partial charge in [-0.2, -0.15) is 5.26 Å². The monoisotopic (exact) mass is 269 g/mol. The second-order valence-electron chi connectivity index (χ2n) is 4.30. The van der Waals surface area contributed by atoms with Crippen LogP contribution in [0.15, 0.2) is 30.5 Å². The molecule has 0 atom stereocenters. The molecule has 0 saturated carbocycles. The van der Waals surface area contributed by atoms with Crippen molar-refractivity contribution >= 4 is 23.1 Å². The van der Waals surface area contributed by atoms with Gasteiger partial charge in [0.2, 0.25) is 0 Å². The maximum Gasteiger partial charge on any atom is 0.414 e. The maximum atomic E-state index is 11.7. The normalized spacial score (nSPS) is 10.7. The summed E-state index contributed by atoms with van der Waals surface area (Å²) in [5.41, 5.74) is 1.78. The third-order valence-electron chi connectivity index (χ3n) is 3.01. The number of aromatic nitrogens is 1. The second-order valence-corrected chi connectivity index (χ2v) is 4.30. The number of ether oxygens (including phenoxy) is 1. The molecule has 0 aliphatic rings. The number of nitrogens with one attached hydrogen (secondary N) is 1. The number of hydrogen-bond donors (Lipinski definition) is 1. The summed E-state index contributed by atoms with van der Waals surface area (Å²) in [6.07, 6.45) is 4.58. The summed E-state index contributed by atoms with van der Waals surface area (Å²) < 4.78 is 5.26. The minimum atomic E-state index is -0.386. The summed E-state index contributed by atoms with van der Waals surface area (Å²) >= 11 is 0. The van der Waals surface area contributed by atoms with Gasteiger partial charge in [-0.05, 0) is 25.1 Å². The highest BCUT2D eigenvalue weighted by Crippen LogP contribution is 2.24. The Bertz CT molecular complexity index is 695. The summed E-state index contributed by atoms with van der Waals surface area (Å²) in [5.74, 6) is 0.487. The number of benzene rings is 1. The summed E-state index contributed by atoms with van der Waals surface area (Å²) in [5, 5.41) is 9.52. The molecular formula is C15H15N3O2. The molecule has 1 aromatic carbocycles. The van der Waals surface area contributed by atoms with Crippen molar-refractivity contribution in [2.75, 3.05) is 13.6 Å². The number of carbonyl (C=O) groups excluding carboxylic acids is 1. The number of allylic oxidation sites excluding steroid dienone is 1. The van der Waals surface area contributed by atoms with Gasteiger partial charge < -0.3 is 14.6 Å². The number of rotatable bonds is 3. The van der Waals surface area contributed by atoms with Crippen molar-refractivity contribution in [3.63, 3.8) is 0 Å². The van der Waals surface area contributed by atoms with Gasteiger partial charge in [0.25, 0.3) is 0 Å². The smallest absolute Gasteiger partial charge is 0.410 e. The molecule has 0 radical (unpaired) electrons. The minimum Gasteiger partial charge on any atom is -0.410 e. The Morgan fingerprint density at radius 1 is 1.55 bits per heavy atom. The molecule has 1 heterocycles. The van der Waals surface area contributed by atoms with E-state index < -0.39 is 0 Å². The molecule has 2 aromatic rings. The van der Waals surface area contributed by atoms with E-state index in [9.17, 15) is 4.79 Å². The zero-order chi connectivity index (χ0) is 14.5. The molecule has 0 aliphatic carbocycles. The number of carbonyl (C=O) groups is 1. The molecule has 1 amide bonds. The molecule has 5 nitrogen and oxygen atoms in total. The Morgan fingerprint density at radius 2 is 2.35 bits per heavy atom. The highest BCUT2D eigenvalue weighted by Gasteiger charge is 2.10. The van der Waals surface area contributed by atoms with Crippen molar-refractivity contribution in [3.05, 3.63) is 36.0 Å². The standard InChI is InChI=1S/C15H15N3O2/c1-3-18(2)15(19)20-12-6-7-13-11(5-4-8-16)10-17-14(13)9-12/h4-7,9-10,17H,3H2,1-2H3/b5-4+. The van der Waals surface area contributed by atoms with Crippen LogP contribution in [0, 0.1) is 11.3 Å². The molecular weight excluding hydrogens is 254 g/mol. The van der Waals surface area contributed by atoms with Gasteiger partial charge in [-0.15, -0.1) is 0 Å². The number of aromatic amines is 1. The van der Waals surface area contributed by atoms with Crippen LogP contribution >= 0.6 is 0 Å². The predicted octanol–water partition coefficient (Wildman–Crippen LogP) is 3.16. The molecule has 2 rings (SSSR count). The number of amides is 1. The molecule has 0 saturated heterocycles. The van der Waals surface area contributed by atoms with Crippen molar-refractivity contribution in [1.82, 2.24) is 9.88 Å². The average Bonchev–Trinajstić information content (AvgIpc) is 2.86. The average molecular weight is 269 g/mol. The maximum absolute atomic E-state index is 11.7. The van der Waals surface area contributed by atoms with E-state index in [2.05, 4.69) is 4.98 Å². The van der Waals surface area contributed by atoms with Gasteiger partial charge in [-0.3, -0.25) is 0 Å². The van der Waals surface area contributed by atoms with Crippen LogP contribution in [-0.4, -0.2) is 29.6 Å². The molecule has 5 heteroatoms. The van der Waals surface area contributed by atoms with Crippen LogP contribution < -0.4 is 4.74 Å². The van der Waals surface area contributed by atoms with E-state index in [0.29, 0.717) is 12.3 Å². The first-order valence-corrected chi connectivity index (χ1v) is 6.26. The van der Waals surface area contributed by atoms with Crippen LogP contribution in [0.5, 0.6) is 5.75 Å². The lowest BCUT2D eigenvalue weighted by Gasteiger charge is -2.14. The third kappa shape index (κ3) is 2.81. The third-order valence-corrected chi connectivity index (χ3v) is 3.01. The van der Waals surface area contributed by atoms with Crippen molar-refractivity contribution in [2.24, 2.45) is 0 Å². The minimum absolute atomic E-state index is 0.386. The van der Waals surface area contributed by atoms with Gasteiger partial charge in [0, 0.05) is 48.4 Å². The molecule has 1 N–H and O–H groups in total. The van der Waals surface area contributed by atoms with E-state index in [1.165, 1.54) is 11.0 Å². The molecule has 20 heavy (non-hydrogen) atoms. The van der Waals surface area contributed by atoms with Gasteiger partial charge in [-0.1, -0.05) is 0 Å². The lowest BCUT2D eigenvalue weighted by atomic mass is 10.1. The number of nitrogens with zero attached hydrogens (tertiary/aromatic N) is 2. The Balaban J connectivity index is 2.25. The van der Waals surface area contributed by atoms with Gasteiger partial charge in [0.1, 0.15) is 5.75 Å². The quantitative estimate of drug-likeness (QED) is 0.870. The molecule has 0 aliphatic heterocycles. The SMILES string of the molecule is CCN(C)C(=O)Oc1ccc2c(/C=C/C#N)c[nH]c2c1. The van der Waals surface area contributed by atoms with E-state index in [1.54, 1.807) is 25.3 Å². The highest BCUT2D eigenvalue weighted by atomic mass is 16.6. The molecule has 0 bridgehead atoms. The fourth-order valence-electron chi connectivity index (χ4n) is 1.76. The van der Waals surface area contributed by atoms with Gasteiger partial charge in [0.15, 0.2) is 0 Å². The highest BCUT2D eigenvalue weighted by molar-refractivity contribution is 5.90. The lowest BCUT2D eigenvalue weighted by molar-refractivity contribution is 0.165. The molecule has 0 unspecified atom stereocenters. The first-order valence-electron chi connectivity index (χ1n) is 6.26. The number of fused-ring (bicyclic) bond motifs is 1. The summed E-state index contributed by atoms with van der Waals surface area (Å²) in [6.45, 7) is 2.47. The number of nitriles is 1. The van der Waals surface area contributed by atoms with Crippen LogP contribution in [0.3, 0.4) is 0 Å². The lowest BCUT2D eigenvalue weighted by Crippen LogP contribution is -2.29. The van der Waals surface area contributed by atoms with Crippen molar-refractivity contribution in [3.8, 4) is 11.8 Å². The fourth-order valence-corrected chi connectivity index (χ4v) is 1.76. The van der Waals surface area contributed by atoms with Crippen LogP contribution in [0.2, 0.25) is 0 Å². The summed E-state index contributed by atoms with van der Waals surface area (Å²) in [7, 11) is 1.68. The second kappa shape index (κ2) is 5.93. The van der Waals surface area contributed by atoms with E-state index in [1.807, 2.05) is 25.3 Å². The van der Waals surface area contributed by atoms with E-state index in [4.69, 9.17) is 10.00 Å². The van der Waals surface area contributed by atoms with E-state index in [-0.39, 0.29) is 6.09 Å². The number of H-pyrrole nitrogens is 1. The molecule has 0 spiro atoms.